The Morgan fingerprint density at radius 1 is 1.37 bits per heavy atom. The molecular formula is C11H17N3O4S. The first-order valence-electron chi connectivity index (χ1n) is 5.58. The summed E-state index contributed by atoms with van der Waals surface area (Å²) < 4.78 is 30.0. The molecule has 106 valence electrons. The minimum Gasteiger partial charge on any atom is -0.497 e. The van der Waals surface area contributed by atoms with Crippen molar-refractivity contribution < 1.29 is 17.9 Å². The van der Waals surface area contributed by atoms with Crippen molar-refractivity contribution in [2.24, 2.45) is 5.84 Å². The van der Waals surface area contributed by atoms with Crippen LogP contribution < -0.4 is 20.3 Å². The van der Waals surface area contributed by atoms with Gasteiger partial charge in [0, 0.05) is 0 Å². The molecule has 0 unspecified atom stereocenters. The second kappa shape index (κ2) is 6.39. The molecule has 0 aliphatic rings. The van der Waals surface area contributed by atoms with Gasteiger partial charge in [0.05, 0.1) is 18.6 Å². The van der Waals surface area contributed by atoms with Crippen LogP contribution in [0.5, 0.6) is 5.75 Å². The van der Waals surface area contributed by atoms with Crippen molar-refractivity contribution in [1.82, 2.24) is 5.43 Å². The molecule has 0 saturated carbocycles. The minimum absolute atomic E-state index is 0.114. The zero-order valence-electron chi connectivity index (χ0n) is 10.8. The van der Waals surface area contributed by atoms with Crippen LogP contribution in [0.4, 0.5) is 5.69 Å². The number of amides is 1. The summed E-state index contributed by atoms with van der Waals surface area (Å²) in [6.45, 7) is 1.14. The van der Waals surface area contributed by atoms with Crippen molar-refractivity contribution in [1.29, 1.82) is 0 Å². The molecule has 0 aliphatic heterocycles. The van der Waals surface area contributed by atoms with Gasteiger partial charge in [0.15, 0.2) is 0 Å². The highest BCUT2D eigenvalue weighted by Gasteiger charge is 2.23. The molecule has 0 heterocycles. The number of rotatable bonds is 6. The fourth-order valence-electron chi connectivity index (χ4n) is 1.43. The highest BCUT2D eigenvalue weighted by Crippen LogP contribution is 2.21. The van der Waals surface area contributed by atoms with E-state index in [-0.39, 0.29) is 12.3 Å². The van der Waals surface area contributed by atoms with Crippen LogP contribution in [-0.4, -0.2) is 33.7 Å². The highest BCUT2D eigenvalue weighted by molar-refractivity contribution is 7.92. The minimum atomic E-state index is -3.56. The van der Waals surface area contributed by atoms with Crippen LogP contribution in [0.15, 0.2) is 24.3 Å². The van der Waals surface area contributed by atoms with E-state index < -0.39 is 15.9 Å². The average Bonchev–Trinajstić information content (AvgIpc) is 2.44. The number of nitrogens with two attached hydrogens (primary N) is 1. The first kappa shape index (κ1) is 15.3. The van der Waals surface area contributed by atoms with Crippen LogP contribution in [0.25, 0.3) is 0 Å². The predicted octanol–water partition coefficient (Wildman–Crippen LogP) is -0.159. The number of ether oxygens (including phenoxy) is 1. The lowest BCUT2D eigenvalue weighted by Gasteiger charge is -2.23. The largest absolute Gasteiger partial charge is 0.497 e. The molecule has 1 amide bonds. The first-order valence-corrected chi connectivity index (χ1v) is 7.19. The Hall–Kier alpha value is -1.80. The Kier molecular flexibility index (Phi) is 5.13. The van der Waals surface area contributed by atoms with E-state index in [9.17, 15) is 13.2 Å². The summed E-state index contributed by atoms with van der Waals surface area (Å²) in [5.74, 6) is 4.88. The summed E-state index contributed by atoms with van der Waals surface area (Å²) >= 11 is 0. The van der Waals surface area contributed by atoms with Gasteiger partial charge in [0.25, 0.3) is 5.91 Å². The van der Waals surface area contributed by atoms with E-state index in [0.717, 1.165) is 4.31 Å². The SMILES string of the molecule is CCS(=O)(=O)N(CC(=O)NN)c1ccc(OC)cc1. The van der Waals surface area contributed by atoms with E-state index in [1.807, 2.05) is 5.43 Å². The molecule has 19 heavy (non-hydrogen) atoms. The van der Waals surface area contributed by atoms with Crippen molar-refractivity contribution in [3.63, 3.8) is 0 Å². The summed E-state index contributed by atoms with van der Waals surface area (Å²) in [7, 11) is -2.05. The second-order valence-electron chi connectivity index (χ2n) is 3.67. The van der Waals surface area contributed by atoms with Gasteiger partial charge in [-0.3, -0.25) is 14.5 Å². The molecular weight excluding hydrogens is 270 g/mol. The Morgan fingerprint density at radius 3 is 2.37 bits per heavy atom. The van der Waals surface area contributed by atoms with E-state index in [4.69, 9.17) is 10.6 Å². The number of methoxy groups -OCH3 is 1. The first-order chi connectivity index (χ1) is 8.94. The van der Waals surface area contributed by atoms with Crippen molar-refractivity contribution in [3.8, 4) is 5.75 Å². The van der Waals surface area contributed by atoms with E-state index in [2.05, 4.69) is 0 Å². The van der Waals surface area contributed by atoms with Gasteiger partial charge in [-0.15, -0.1) is 0 Å². The number of hydrazine groups is 1. The third kappa shape index (κ3) is 3.83. The molecule has 3 N–H and O–H groups in total. The van der Waals surface area contributed by atoms with Gasteiger partial charge >= 0.3 is 0 Å². The lowest BCUT2D eigenvalue weighted by molar-refractivity contribution is -0.119. The van der Waals surface area contributed by atoms with Crippen molar-refractivity contribution in [2.75, 3.05) is 23.7 Å². The lowest BCUT2D eigenvalue weighted by atomic mass is 10.3. The normalized spacial score (nSPS) is 10.9. The summed E-state index contributed by atoms with van der Waals surface area (Å²) in [6, 6.07) is 6.37. The molecule has 0 atom stereocenters. The average molecular weight is 287 g/mol. The van der Waals surface area contributed by atoms with E-state index >= 15 is 0 Å². The van der Waals surface area contributed by atoms with Gasteiger partial charge in [-0.2, -0.15) is 0 Å². The number of benzene rings is 1. The van der Waals surface area contributed by atoms with Gasteiger partial charge < -0.3 is 4.74 Å². The molecule has 0 bridgehead atoms. The molecule has 0 aromatic heterocycles. The second-order valence-corrected chi connectivity index (χ2v) is 5.85. The van der Waals surface area contributed by atoms with Crippen molar-refractivity contribution in [2.45, 2.75) is 6.92 Å². The Bertz CT molecular complexity index is 527. The molecule has 1 aromatic carbocycles. The van der Waals surface area contributed by atoms with Crippen LogP contribution in [-0.2, 0) is 14.8 Å². The summed E-state index contributed by atoms with van der Waals surface area (Å²) in [6.07, 6.45) is 0. The maximum Gasteiger partial charge on any atom is 0.254 e. The molecule has 0 fully saturated rings. The third-order valence-corrected chi connectivity index (χ3v) is 4.25. The molecule has 0 saturated heterocycles. The molecule has 7 nitrogen and oxygen atoms in total. The van der Waals surface area contributed by atoms with Crippen molar-refractivity contribution >= 4 is 21.6 Å². The van der Waals surface area contributed by atoms with Gasteiger partial charge in [0.1, 0.15) is 12.3 Å². The topological polar surface area (TPSA) is 102 Å². The highest BCUT2D eigenvalue weighted by atomic mass is 32.2. The number of anilines is 1. The van der Waals surface area contributed by atoms with Crippen LogP contribution in [0, 0.1) is 0 Å². The summed E-state index contributed by atoms with van der Waals surface area (Å²) in [4.78, 5) is 11.3. The van der Waals surface area contributed by atoms with E-state index in [1.54, 1.807) is 24.3 Å². The third-order valence-electron chi connectivity index (χ3n) is 2.51. The van der Waals surface area contributed by atoms with Crippen LogP contribution in [0.3, 0.4) is 0 Å². The fourth-order valence-corrected chi connectivity index (χ4v) is 2.50. The van der Waals surface area contributed by atoms with Crippen LogP contribution in [0.2, 0.25) is 0 Å². The number of sulfonamides is 1. The van der Waals surface area contributed by atoms with Crippen LogP contribution >= 0.6 is 0 Å². The number of carbonyl (C=O) groups excluding carboxylic acids is 1. The quantitative estimate of drug-likeness (QED) is 0.430. The van der Waals surface area contributed by atoms with Crippen molar-refractivity contribution in [3.05, 3.63) is 24.3 Å². The number of nitrogens with zero attached hydrogens (tertiary/aromatic N) is 1. The number of hydrogen-bond acceptors (Lipinski definition) is 5. The van der Waals surface area contributed by atoms with E-state index in [0.29, 0.717) is 11.4 Å². The molecule has 8 heteroatoms. The Balaban J connectivity index is 3.11. The predicted molar refractivity (Wildman–Crippen MR) is 72.1 cm³/mol. The molecule has 0 spiro atoms. The molecule has 0 radical (unpaired) electrons. The molecule has 0 aliphatic carbocycles. The molecule has 1 aromatic rings. The smallest absolute Gasteiger partial charge is 0.254 e. The zero-order valence-corrected chi connectivity index (χ0v) is 11.6. The maximum absolute atomic E-state index is 12.0. The van der Waals surface area contributed by atoms with Gasteiger partial charge in [0.2, 0.25) is 10.0 Å². The summed E-state index contributed by atoms with van der Waals surface area (Å²) in [5.41, 5.74) is 2.29. The fraction of sp³-hybridized carbons (Fsp3) is 0.364. The maximum atomic E-state index is 12.0. The van der Waals surface area contributed by atoms with Crippen LogP contribution in [0.1, 0.15) is 6.92 Å². The van der Waals surface area contributed by atoms with Gasteiger partial charge in [-0.25, -0.2) is 14.3 Å². The zero-order chi connectivity index (χ0) is 14.5. The van der Waals surface area contributed by atoms with E-state index in [1.165, 1.54) is 14.0 Å². The van der Waals surface area contributed by atoms with Gasteiger partial charge in [-0.1, -0.05) is 0 Å². The monoisotopic (exact) mass is 287 g/mol. The number of carbonyl (C=O) groups is 1. The molecule has 1 rings (SSSR count). The Labute approximate surface area is 112 Å². The van der Waals surface area contributed by atoms with Gasteiger partial charge in [-0.05, 0) is 31.2 Å². The number of nitrogens with one attached hydrogen (secondary N) is 1. The lowest BCUT2D eigenvalue weighted by Crippen LogP contribution is -2.43. The Morgan fingerprint density at radius 2 is 1.95 bits per heavy atom. The standard InChI is InChI=1S/C11H17N3O4S/c1-3-19(16,17)14(8-11(15)13-12)9-4-6-10(18-2)7-5-9/h4-7H,3,8,12H2,1-2H3,(H,13,15). The number of hydrogen-bond donors (Lipinski definition) is 2. The summed E-state index contributed by atoms with van der Waals surface area (Å²) in [5, 5.41) is 0.